The van der Waals surface area contributed by atoms with Crippen molar-refractivity contribution in [1.29, 1.82) is 0 Å². The molecular formula is C13H12N2O2. The van der Waals surface area contributed by atoms with Crippen LogP contribution in [0.4, 0.5) is 5.69 Å². The third kappa shape index (κ3) is 2.85. The highest BCUT2D eigenvalue weighted by Crippen LogP contribution is 2.23. The summed E-state index contributed by atoms with van der Waals surface area (Å²) in [6, 6.07) is 5.59. The van der Waals surface area contributed by atoms with Gasteiger partial charge in [-0.1, -0.05) is 11.8 Å². The van der Waals surface area contributed by atoms with Crippen molar-refractivity contribution in [2.24, 2.45) is 5.73 Å². The molecule has 0 unspecified atom stereocenters. The molecule has 4 nitrogen and oxygen atoms in total. The van der Waals surface area contributed by atoms with Gasteiger partial charge in [-0.3, -0.25) is 9.59 Å². The lowest BCUT2D eigenvalue weighted by atomic mass is 10.0. The quantitative estimate of drug-likeness (QED) is 0.698. The SMILES string of the molecule is NC(=O)CC#Cc1ccc2c(c1)CCC(=O)N2. The Morgan fingerprint density at radius 2 is 2.24 bits per heavy atom. The summed E-state index contributed by atoms with van der Waals surface area (Å²) in [6.07, 6.45) is 1.30. The molecule has 1 heterocycles. The van der Waals surface area contributed by atoms with Gasteiger partial charge >= 0.3 is 0 Å². The molecule has 0 aliphatic carbocycles. The van der Waals surface area contributed by atoms with Gasteiger partial charge in [0.1, 0.15) is 0 Å². The highest BCUT2D eigenvalue weighted by Gasteiger charge is 2.13. The summed E-state index contributed by atoms with van der Waals surface area (Å²) in [4.78, 5) is 21.7. The van der Waals surface area contributed by atoms with Gasteiger partial charge in [0, 0.05) is 17.7 Å². The Morgan fingerprint density at radius 3 is 3.00 bits per heavy atom. The number of primary amides is 1. The molecule has 86 valence electrons. The van der Waals surface area contributed by atoms with Crippen LogP contribution in [0.25, 0.3) is 0 Å². The molecule has 4 heteroatoms. The number of carbonyl (C=O) groups is 2. The molecule has 0 bridgehead atoms. The first-order valence-electron chi connectivity index (χ1n) is 5.35. The number of carbonyl (C=O) groups excluding carboxylic acids is 2. The summed E-state index contributed by atoms with van der Waals surface area (Å²) < 4.78 is 0. The van der Waals surface area contributed by atoms with Gasteiger partial charge in [-0.2, -0.15) is 0 Å². The van der Waals surface area contributed by atoms with Crippen molar-refractivity contribution in [3.8, 4) is 11.8 Å². The molecule has 17 heavy (non-hydrogen) atoms. The van der Waals surface area contributed by atoms with Crippen LogP contribution < -0.4 is 11.1 Å². The van der Waals surface area contributed by atoms with Crippen molar-refractivity contribution in [3.63, 3.8) is 0 Å². The molecule has 1 aliphatic rings. The lowest BCUT2D eigenvalue weighted by Gasteiger charge is -2.16. The van der Waals surface area contributed by atoms with E-state index in [1.807, 2.05) is 18.2 Å². The molecule has 2 rings (SSSR count). The molecule has 0 saturated heterocycles. The van der Waals surface area contributed by atoms with Crippen molar-refractivity contribution in [1.82, 2.24) is 0 Å². The Balaban J connectivity index is 2.18. The zero-order valence-electron chi connectivity index (χ0n) is 9.25. The summed E-state index contributed by atoms with van der Waals surface area (Å²) in [6.45, 7) is 0. The fourth-order valence-electron chi connectivity index (χ4n) is 1.69. The van der Waals surface area contributed by atoms with Crippen molar-refractivity contribution < 1.29 is 9.59 Å². The topological polar surface area (TPSA) is 72.2 Å². The van der Waals surface area contributed by atoms with Gasteiger partial charge in [0.15, 0.2) is 0 Å². The van der Waals surface area contributed by atoms with Crippen molar-refractivity contribution in [3.05, 3.63) is 29.3 Å². The fourth-order valence-corrected chi connectivity index (χ4v) is 1.69. The number of hydrogen-bond donors (Lipinski definition) is 2. The molecular weight excluding hydrogens is 216 g/mol. The van der Waals surface area contributed by atoms with Gasteiger partial charge in [-0.05, 0) is 30.2 Å². The lowest BCUT2D eigenvalue weighted by molar-refractivity contribution is -0.117. The number of anilines is 1. The first-order valence-corrected chi connectivity index (χ1v) is 5.35. The smallest absolute Gasteiger partial charge is 0.229 e. The molecule has 3 N–H and O–H groups in total. The van der Waals surface area contributed by atoms with Crippen molar-refractivity contribution >= 4 is 17.5 Å². The number of hydrogen-bond acceptors (Lipinski definition) is 2. The van der Waals surface area contributed by atoms with Gasteiger partial charge in [0.05, 0.1) is 6.42 Å². The number of nitrogens with two attached hydrogens (primary N) is 1. The number of fused-ring (bicyclic) bond motifs is 1. The van der Waals surface area contributed by atoms with Crippen LogP contribution in [0.1, 0.15) is 24.0 Å². The fraction of sp³-hybridized carbons (Fsp3) is 0.231. The van der Waals surface area contributed by atoms with E-state index in [2.05, 4.69) is 17.2 Å². The van der Waals surface area contributed by atoms with Crippen LogP contribution in [-0.4, -0.2) is 11.8 Å². The lowest BCUT2D eigenvalue weighted by Crippen LogP contribution is -2.18. The molecule has 0 fully saturated rings. The van der Waals surface area contributed by atoms with E-state index >= 15 is 0 Å². The van der Waals surface area contributed by atoms with Gasteiger partial charge in [0.25, 0.3) is 0 Å². The Kier molecular flexibility index (Phi) is 3.10. The molecule has 1 aliphatic heterocycles. The summed E-state index contributed by atoms with van der Waals surface area (Å²) in [5.74, 6) is 5.20. The maximum atomic E-state index is 11.2. The standard InChI is InChI=1S/C13H12N2O2/c14-12(16)3-1-2-9-4-6-11-10(8-9)5-7-13(17)15-11/h4,6,8H,3,5,7H2,(H2,14,16)(H,15,17). The number of aryl methyl sites for hydroxylation is 1. The number of amides is 2. The molecule has 0 aromatic heterocycles. The highest BCUT2D eigenvalue weighted by molar-refractivity contribution is 5.94. The van der Waals surface area contributed by atoms with Crippen LogP contribution in [-0.2, 0) is 16.0 Å². The number of rotatable bonds is 1. The monoisotopic (exact) mass is 228 g/mol. The summed E-state index contributed by atoms with van der Waals surface area (Å²) in [7, 11) is 0. The van der Waals surface area contributed by atoms with Crippen molar-refractivity contribution in [2.75, 3.05) is 5.32 Å². The minimum atomic E-state index is -0.428. The Hall–Kier alpha value is -2.28. The summed E-state index contributed by atoms with van der Waals surface area (Å²) >= 11 is 0. The van der Waals surface area contributed by atoms with E-state index in [9.17, 15) is 9.59 Å². The van der Waals surface area contributed by atoms with Crippen LogP contribution in [0.2, 0.25) is 0 Å². The average molecular weight is 228 g/mol. The van der Waals surface area contributed by atoms with E-state index in [1.165, 1.54) is 0 Å². The molecule has 2 amide bonds. The maximum Gasteiger partial charge on any atom is 0.229 e. The van der Waals surface area contributed by atoms with E-state index in [0.717, 1.165) is 23.2 Å². The van der Waals surface area contributed by atoms with Crippen molar-refractivity contribution in [2.45, 2.75) is 19.3 Å². The van der Waals surface area contributed by atoms with Crippen LogP contribution in [0.5, 0.6) is 0 Å². The van der Waals surface area contributed by atoms with Gasteiger partial charge in [-0.15, -0.1) is 0 Å². The molecule has 0 spiro atoms. The zero-order valence-corrected chi connectivity index (χ0v) is 9.25. The van der Waals surface area contributed by atoms with E-state index in [0.29, 0.717) is 6.42 Å². The predicted molar refractivity (Wildman–Crippen MR) is 64.1 cm³/mol. The van der Waals surface area contributed by atoms with E-state index < -0.39 is 5.91 Å². The van der Waals surface area contributed by atoms with E-state index in [1.54, 1.807) is 0 Å². The molecule has 1 aromatic rings. The number of benzene rings is 1. The van der Waals surface area contributed by atoms with Crippen LogP contribution in [0.3, 0.4) is 0 Å². The average Bonchev–Trinajstić information content (AvgIpc) is 2.29. The normalized spacial score (nSPS) is 13.1. The molecule has 0 radical (unpaired) electrons. The second kappa shape index (κ2) is 4.71. The molecule has 0 atom stereocenters. The third-order valence-corrected chi connectivity index (χ3v) is 2.50. The van der Waals surface area contributed by atoms with Crippen LogP contribution in [0.15, 0.2) is 18.2 Å². The zero-order chi connectivity index (χ0) is 12.3. The first kappa shape index (κ1) is 11.2. The highest BCUT2D eigenvalue weighted by atomic mass is 16.1. The minimum absolute atomic E-state index is 0.0464. The first-order chi connectivity index (χ1) is 8.15. The Bertz CT molecular complexity index is 538. The van der Waals surface area contributed by atoms with Gasteiger partial charge < -0.3 is 11.1 Å². The Morgan fingerprint density at radius 1 is 1.41 bits per heavy atom. The molecule has 0 saturated carbocycles. The second-order valence-electron chi connectivity index (χ2n) is 3.86. The summed E-state index contributed by atoms with van der Waals surface area (Å²) in [5.41, 5.74) is 7.76. The summed E-state index contributed by atoms with van der Waals surface area (Å²) in [5, 5.41) is 2.80. The largest absolute Gasteiger partial charge is 0.369 e. The van der Waals surface area contributed by atoms with Gasteiger partial charge in [-0.25, -0.2) is 0 Å². The third-order valence-electron chi connectivity index (χ3n) is 2.50. The van der Waals surface area contributed by atoms with Gasteiger partial charge in [0.2, 0.25) is 11.8 Å². The molecule has 1 aromatic carbocycles. The van der Waals surface area contributed by atoms with E-state index in [4.69, 9.17) is 5.73 Å². The van der Waals surface area contributed by atoms with Crippen LogP contribution >= 0.6 is 0 Å². The van der Waals surface area contributed by atoms with Crippen LogP contribution in [0, 0.1) is 11.8 Å². The second-order valence-corrected chi connectivity index (χ2v) is 3.86. The minimum Gasteiger partial charge on any atom is -0.369 e. The number of nitrogens with one attached hydrogen (secondary N) is 1. The predicted octanol–water partition coefficient (Wildman–Crippen LogP) is 0.798. The Labute approximate surface area is 99.2 Å². The maximum absolute atomic E-state index is 11.2. The van der Waals surface area contributed by atoms with E-state index in [-0.39, 0.29) is 12.3 Å².